The van der Waals surface area contributed by atoms with Gasteiger partial charge in [0.2, 0.25) is 0 Å². The van der Waals surface area contributed by atoms with E-state index in [-0.39, 0.29) is 0 Å². The van der Waals surface area contributed by atoms with Crippen LogP contribution in [-0.4, -0.2) is 31.2 Å². The van der Waals surface area contributed by atoms with Gasteiger partial charge >= 0.3 is 0 Å². The maximum Gasteiger partial charge on any atom is 0.185 e. The summed E-state index contributed by atoms with van der Waals surface area (Å²) in [6, 6.07) is 1.98. The first-order valence-corrected chi connectivity index (χ1v) is 7.62. The highest BCUT2D eigenvalue weighted by Gasteiger charge is 2.14. The van der Waals surface area contributed by atoms with E-state index in [9.17, 15) is 0 Å². The second-order valence-electron chi connectivity index (χ2n) is 3.89. The number of nitrogens with zero attached hydrogens (tertiary/aromatic N) is 2. The third-order valence-corrected chi connectivity index (χ3v) is 4.74. The first-order chi connectivity index (χ1) is 8.33. The molecule has 2 aromatic heterocycles. The second kappa shape index (κ2) is 4.94. The molecule has 6 heteroatoms. The molecular formula is C11H12ClN3S2. The summed E-state index contributed by atoms with van der Waals surface area (Å²) in [5, 5.41) is 8.62. The summed E-state index contributed by atoms with van der Waals surface area (Å²) >= 11 is 9.20. The van der Waals surface area contributed by atoms with Gasteiger partial charge in [-0.05, 0) is 6.07 Å². The number of anilines is 1. The fourth-order valence-electron chi connectivity index (χ4n) is 1.84. The Balaban J connectivity index is 1.82. The Morgan fingerprint density at radius 1 is 1.24 bits per heavy atom. The minimum atomic E-state index is 0.816. The monoisotopic (exact) mass is 285 g/mol. The van der Waals surface area contributed by atoms with Gasteiger partial charge in [-0.15, -0.1) is 22.7 Å². The highest BCUT2D eigenvalue weighted by Crippen LogP contribution is 2.32. The van der Waals surface area contributed by atoms with E-state index in [0.29, 0.717) is 0 Å². The zero-order valence-corrected chi connectivity index (χ0v) is 11.5. The van der Waals surface area contributed by atoms with Gasteiger partial charge in [0.1, 0.15) is 0 Å². The molecule has 3 heterocycles. The highest BCUT2D eigenvalue weighted by atomic mass is 35.5. The second-order valence-corrected chi connectivity index (χ2v) is 6.27. The Bertz CT molecular complexity index is 502. The van der Waals surface area contributed by atoms with Crippen LogP contribution in [0.5, 0.6) is 0 Å². The lowest BCUT2D eigenvalue weighted by atomic mass is 10.3. The van der Waals surface area contributed by atoms with E-state index in [4.69, 9.17) is 11.6 Å². The normalized spacial score (nSPS) is 16.4. The minimum Gasteiger partial charge on any atom is -0.346 e. The largest absolute Gasteiger partial charge is 0.346 e. The summed E-state index contributed by atoms with van der Waals surface area (Å²) in [7, 11) is 0. The third-order valence-electron chi connectivity index (χ3n) is 2.74. The van der Waals surface area contributed by atoms with Crippen molar-refractivity contribution >= 4 is 39.4 Å². The molecule has 1 aliphatic rings. The fourth-order valence-corrected chi connectivity index (χ4v) is 3.61. The Morgan fingerprint density at radius 3 is 2.76 bits per heavy atom. The molecule has 1 aliphatic heterocycles. The van der Waals surface area contributed by atoms with Crippen molar-refractivity contribution in [2.45, 2.75) is 0 Å². The Labute approximate surface area is 113 Å². The third kappa shape index (κ3) is 2.47. The van der Waals surface area contributed by atoms with Gasteiger partial charge in [-0.25, -0.2) is 4.98 Å². The maximum absolute atomic E-state index is 5.94. The molecule has 2 aromatic rings. The van der Waals surface area contributed by atoms with E-state index in [0.717, 1.165) is 46.9 Å². The number of rotatable bonds is 2. The van der Waals surface area contributed by atoms with Crippen LogP contribution >= 0.6 is 34.3 Å². The van der Waals surface area contributed by atoms with Crippen molar-refractivity contribution in [1.82, 2.24) is 10.3 Å². The van der Waals surface area contributed by atoms with Crippen molar-refractivity contribution in [1.29, 1.82) is 0 Å². The van der Waals surface area contributed by atoms with Crippen LogP contribution < -0.4 is 10.2 Å². The van der Waals surface area contributed by atoms with Crippen molar-refractivity contribution in [3.05, 3.63) is 21.2 Å². The molecule has 0 atom stereocenters. The highest BCUT2D eigenvalue weighted by molar-refractivity contribution is 7.15. The van der Waals surface area contributed by atoms with Gasteiger partial charge < -0.3 is 10.2 Å². The predicted molar refractivity (Wildman–Crippen MR) is 75.5 cm³/mol. The quantitative estimate of drug-likeness (QED) is 0.920. The summed E-state index contributed by atoms with van der Waals surface area (Å²) in [4.78, 5) is 7.01. The molecule has 0 amide bonds. The van der Waals surface area contributed by atoms with Crippen molar-refractivity contribution in [2.24, 2.45) is 0 Å². The Morgan fingerprint density at radius 2 is 2.06 bits per heavy atom. The average Bonchev–Trinajstić information content (AvgIpc) is 2.98. The molecule has 3 rings (SSSR count). The van der Waals surface area contributed by atoms with Crippen LogP contribution in [0.2, 0.25) is 4.34 Å². The van der Waals surface area contributed by atoms with E-state index in [1.54, 1.807) is 22.7 Å². The predicted octanol–water partition coefficient (Wildman–Crippen LogP) is 2.93. The van der Waals surface area contributed by atoms with E-state index < -0.39 is 0 Å². The molecule has 1 N–H and O–H groups in total. The smallest absolute Gasteiger partial charge is 0.185 e. The molecule has 0 bridgehead atoms. The number of thiophene rings is 1. The van der Waals surface area contributed by atoms with Crippen molar-refractivity contribution in [2.75, 3.05) is 31.1 Å². The van der Waals surface area contributed by atoms with Crippen molar-refractivity contribution < 1.29 is 0 Å². The Kier molecular flexibility index (Phi) is 3.33. The molecule has 17 heavy (non-hydrogen) atoms. The van der Waals surface area contributed by atoms with Gasteiger partial charge in [-0.2, -0.15) is 0 Å². The summed E-state index contributed by atoms with van der Waals surface area (Å²) in [5.41, 5.74) is 2.16. The van der Waals surface area contributed by atoms with Gasteiger partial charge in [-0.1, -0.05) is 11.6 Å². The van der Waals surface area contributed by atoms with Crippen LogP contribution in [0, 0.1) is 0 Å². The molecule has 0 saturated carbocycles. The van der Waals surface area contributed by atoms with Crippen LogP contribution in [0.15, 0.2) is 16.8 Å². The molecule has 0 aliphatic carbocycles. The number of halogens is 1. The van der Waals surface area contributed by atoms with E-state index in [1.807, 2.05) is 6.07 Å². The van der Waals surface area contributed by atoms with Crippen molar-refractivity contribution in [3.8, 4) is 11.3 Å². The molecule has 3 nitrogen and oxygen atoms in total. The molecule has 0 aromatic carbocycles. The fraction of sp³-hybridized carbons (Fsp3) is 0.364. The standard InChI is InChI=1S/C11H12ClN3S2/c12-10-5-8(6-16-10)9-7-17-11(14-9)15-3-1-13-2-4-15/h5-7,13H,1-4H2. The van der Waals surface area contributed by atoms with Gasteiger partial charge in [0.05, 0.1) is 10.0 Å². The molecule has 90 valence electrons. The molecule has 0 radical (unpaired) electrons. The van der Waals surface area contributed by atoms with E-state index in [1.165, 1.54) is 0 Å². The summed E-state index contributed by atoms with van der Waals surface area (Å²) < 4.78 is 0.816. The summed E-state index contributed by atoms with van der Waals surface area (Å²) in [6.45, 7) is 4.16. The number of hydrogen-bond acceptors (Lipinski definition) is 5. The zero-order valence-electron chi connectivity index (χ0n) is 9.15. The lowest BCUT2D eigenvalue weighted by Gasteiger charge is -2.26. The van der Waals surface area contributed by atoms with E-state index in [2.05, 4.69) is 26.0 Å². The zero-order chi connectivity index (χ0) is 11.7. The molecular weight excluding hydrogens is 274 g/mol. The lowest BCUT2D eigenvalue weighted by molar-refractivity contribution is 0.588. The number of thiazole rings is 1. The van der Waals surface area contributed by atoms with Gasteiger partial charge in [-0.3, -0.25) is 0 Å². The molecule has 0 unspecified atom stereocenters. The first-order valence-electron chi connectivity index (χ1n) is 5.48. The van der Waals surface area contributed by atoms with Gasteiger partial charge in [0.25, 0.3) is 0 Å². The summed E-state index contributed by atoms with van der Waals surface area (Å²) in [6.07, 6.45) is 0. The topological polar surface area (TPSA) is 28.2 Å². The molecule has 1 saturated heterocycles. The minimum absolute atomic E-state index is 0.816. The average molecular weight is 286 g/mol. The number of hydrogen-bond donors (Lipinski definition) is 1. The van der Waals surface area contributed by atoms with Gasteiger partial charge in [0, 0.05) is 42.5 Å². The Hall–Kier alpha value is -0.620. The number of piperazine rings is 1. The van der Waals surface area contributed by atoms with Crippen LogP contribution in [-0.2, 0) is 0 Å². The van der Waals surface area contributed by atoms with Crippen LogP contribution in [0.4, 0.5) is 5.13 Å². The van der Waals surface area contributed by atoms with Crippen LogP contribution in [0.3, 0.4) is 0 Å². The molecule has 0 spiro atoms. The van der Waals surface area contributed by atoms with Crippen LogP contribution in [0.1, 0.15) is 0 Å². The number of nitrogens with one attached hydrogen (secondary N) is 1. The first kappa shape index (κ1) is 11.5. The van der Waals surface area contributed by atoms with E-state index >= 15 is 0 Å². The summed E-state index contributed by atoms with van der Waals surface area (Å²) in [5.74, 6) is 0. The maximum atomic E-state index is 5.94. The number of aromatic nitrogens is 1. The van der Waals surface area contributed by atoms with Gasteiger partial charge in [0.15, 0.2) is 5.13 Å². The molecule has 1 fully saturated rings. The van der Waals surface area contributed by atoms with Crippen molar-refractivity contribution in [3.63, 3.8) is 0 Å². The van der Waals surface area contributed by atoms with Crippen LogP contribution in [0.25, 0.3) is 11.3 Å². The SMILES string of the molecule is Clc1cc(-c2csc(N3CCNCC3)n2)cs1. The lowest BCUT2D eigenvalue weighted by Crippen LogP contribution is -2.43.